The van der Waals surface area contributed by atoms with Crippen molar-refractivity contribution in [3.8, 4) is 0 Å². The van der Waals surface area contributed by atoms with Crippen molar-refractivity contribution in [3.05, 3.63) is 0 Å². The molecule has 16 heavy (non-hydrogen) atoms. The lowest BCUT2D eigenvalue weighted by Gasteiger charge is -2.21. The normalized spacial score (nSPS) is 13.4. The van der Waals surface area contributed by atoms with Gasteiger partial charge < -0.3 is 19.3 Å². The first kappa shape index (κ1) is 15.1. The third kappa shape index (κ3) is 4.30. The SMILES string of the molecule is CCOP(=O)(OCC)C(CC(=O)O)C(=O)O. The van der Waals surface area contributed by atoms with E-state index in [1.54, 1.807) is 0 Å². The van der Waals surface area contributed by atoms with Gasteiger partial charge in [0.05, 0.1) is 19.6 Å². The van der Waals surface area contributed by atoms with E-state index in [-0.39, 0.29) is 13.2 Å². The van der Waals surface area contributed by atoms with E-state index >= 15 is 0 Å². The maximum atomic E-state index is 12.0. The van der Waals surface area contributed by atoms with Crippen molar-refractivity contribution < 1.29 is 33.4 Å². The van der Waals surface area contributed by atoms with Crippen molar-refractivity contribution in [3.63, 3.8) is 0 Å². The molecule has 0 saturated carbocycles. The highest BCUT2D eigenvalue weighted by Crippen LogP contribution is 2.54. The molecule has 8 heteroatoms. The Labute approximate surface area is 92.9 Å². The second kappa shape index (κ2) is 6.62. The number of carboxylic acid groups (broad SMARTS) is 2. The van der Waals surface area contributed by atoms with Crippen molar-refractivity contribution in [2.45, 2.75) is 25.9 Å². The highest BCUT2D eigenvalue weighted by molar-refractivity contribution is 7.55. The Hall–Kier alpha value is -0.910. The molecule has 7 nitrogen and oxygen atoms in total. The fraction of sp³-hybridized carbons (Fsp3) is 0.750. The lowest BCUT2D eigenvalue weighted by atomic mass is 10.3. The number of carboxylic acids is 2. The number of hydrogen-bond donors (Lipinski definition) is 2. The van der Waals surface area contributed by atoms with Gasteiger partial charge in [0.1, 0.15) is 0 Å². The van der Waals surface area contributed by atoms with Gasteiger partial charge in [-0.25, -0.2) is 0 Å². The number of hydrogen-bond acceptors (Lipinski definition) is 5. The van der Waals surface area contributed by atoms with Crippen LogP contribution in [0, 0.1) is 0 Å². The Balaban J connectivity index is 5.01. The maximum Gasteiger partial charge on any atom is 0.345 e. The standard InChI is InChI=1S/C8H15O7P/c1-3-14-16(13,15-4-2)6(8(11)12)5-7(9)10/h6H,3-5H2,1-2H3,(H,9,10)(H,11,12). The highest BCUT2D eigenvalue weighted by atomic mass is 31.2. The minimum absolute atomic E-state index is 0.0132. The third-order valence-corrected chi connectivity index (χ3v) is 4.06. The Morgan fingerprint density at radius 1 is 1.19 bits per heavy atom. The predicted molar refractivity (Wildman–Crippen MR) is 54.5 cm³/mol. The summed E-state index contributed by atoms with van der Waals surface area (Å²) in [7, 11) is -3.92. The molecule has 1 atom stereocenters. The summed E-state index contributed by atoms with van der Waals surface area (Å²) < 4.78 is 21.6. The molecule has 0 rings (SSSR count). The molecule has 0 aromatic rings. The van der Waals surface area contributed by atoms with E-state index in [1.807, 2.05) is 0 Å². The molecule has 0 amide bonds. The Morgan fingerprint density at radius 3 is 1.88 bits per heavy atom. The summed E-state index contributed by atoms with van der Waals surface area (Å²) in [5.74, 6) is -2.88. The van der Waals surface area contributed by atoms with Crippen molar-refractivity contribution in [1.82, 2.24) is 0 Å². The van der Waals surface area contributed by atoms with Crippen LogP contribution >= 0.6 is 7.60 Å². The topological polar surface area (TPSA) is 110 Å². The van der Waals surface area contributed by atoms with Crippen LogP contribution in [0.3, 0.4) is 0 Å². The second-order valence-electron chi connectivity index (χ2n) is 2.83. The molecule has 0 heterocycles. The van der Waals surface area contributed by atoms with Crippen molar-refractivity contribution in [2.75, 3.05) is 13.2 Å². The molecule has 0 aliphatic carbocycles. The molecule has 0 bridgehead atoms. The molecule has 0 radical (unpaired) electrons. The minimum atomic E-state index is -3.92. The first-order valence-electron chi connectivity index (χ1n) is 4.70. The first-order valence-corrected chi connectivity index (χ1v) is 6.32. The monoisotopic (exact) mass is 254 g/mol. The van der Waals surface area contributed by atoms with E-state index in [4.69, 9.17) is 19.3 Å². The van der Waals surface area contributed by atoms with Crippen LogP contribution in [0.2, 0.25) is 0 Å². The van der Waals surface area contributed by atoms with Crippen LogP contribution in [0.4, 0.5) is 0 Å². The van der Waals surface area contributed by atoms with Crippen LogP contribution in [0.5, 0.6) is 0 Å². The zero-order chi connectivity index (χ0) is 12.8. The molecule has 0 fully saturated rings. The molecule has 0 aliphatic heterocycles. The third-order valence-electron chi connectivity index (χ3n) is 1.65. The molecule has 0 aliphatic rings. The van der Waals surface area contributed by atoms with Gasteiger partial charge in [-0.3, -0.25) is 14.2 Å². The Morgan fingerprint density at radius 2 is 1.62 bits per heavy atom. The lowest BCUT2D eigenvalue weighted by Crippen LogP contribution is -2.26. The molecule has 2 N–H and O–H groups in total. The summed E-state index contributed by atoms with van der Waals surface area (Å²) in [5.41, 5.74) is -1.68. The number of rotatable bonds is 8. The summed E-state index contributed by atoms with van der Waals surface area (Å²) in [6.07, 6.45) is -0.799. The van der Waals surface area contributed by atoms with E-state index in [0.29, 0.717) is 0 Å². The molecule has 0 aromatic heterocycles. The molecule has 1 unspecified atom stereocenters. The fourth-order valence-corrected chi connectivity index (χ4v) is 2.88. The maximum absolute atomic E-state index is 12.0. The van der Waals surface area contributed by atoms with Crippen LogP contribution in [0.1, 0.15) is 20.3 Å². The van der Waals surface area contributed by atoms with Gasteiger partial charge in [-0.1, -0.05) is 0 Å². The van der Waals surface area contributed by atoms with Gasteiger partial charge in [0.2, 0.25) is 0 Å². The summed E-state index contributed by atoms with van der Waals surface area (Å²) in [4.78, 5) is 21.3. The van der Waals surface area contributed by atoms with Crippen molar-refractivity contribution in [2.24, 2.45) is 0 Å². The zero-order valence-corrected chi connectivity index (χ0v) is 9.98. The molecule has 0 spiro atoms. The number of aliphatic carboxylic acids is 2. The first-order chi connectivity index (χ1) is 7.37. The predicted octanol–water partition coefficient (Wildman–Crippen LogP) is 1.18. The van der Waals surface area contributed by atoms with Gasteiger partial charge in [-0.2, -0.15) is 0 Å². The van der Waals surface area contributed by atoms with E-state index < -0.39 is 31.6 Å². The van der Waals surface area contributed by atoms with Crippen LogP contribution in [0.25, 0.3) is 0 Å². The Bertz CT molecular complexity index is 291. The smallest absolute Gasteiger partial charge is 0.345 e. The molecular formula is C8H15O7P. The lowest BCUT2D eigenvalue weighted by molar-refractivity contribution is -0.143. The molecule has 94 valence electrons. The van der Waals surface area contributed by atoms with E-state index in [0.717, 1.165) is 0 Å². The van der Waals surface area contributed by atoms with Crippen LogP contribution < -0.4 is 0 Å². The summed E-state index contributed by atoms with van der Waals surface area (Å²) >= 11 is 0. The van der Waals surface area contributed by atoms with Crippen molar-refractivity contribution >= 4 is 19.5 Å². The van der Waals surface area contributed by atoms with Gasteiger partial charge in [0.15, 0.2) is 5.66 Å². The summed E-state index contributed by atoms with van der Waals surface area (Å²) in [5, 5.41) is 17.4. The van der Waals surface area contributed by atoms with Gasteiger partial charge in [0.25, 0.3) is 0 Å². The van der Waals surface area contributed by atoms with Gasteiger partial charge in [-0.15, -0.1) is 0 Å². The largest absolute Gasteiger partial charge is 0.481 e. The zero-order valence-electron chi connectivity index (χ0n) is 9.08. The summed E-state index contributed by atoms with van der Waals surface area (Å²) in [6, 6.07) is 0. The summed E-state index contributed by atoms with van der Waals surface area (Å²) in [6.45, 7) is 3.01. The van der Waals surface area contributed by atoms with E-state index in [1.165, 1.54) is 13.8 Å². The van der Waals surface area contributed by atoms with Gasteiger partial charge in [-0.05, 0) is 13.8 Å². The van der Waals surface area contributed by atoms with Gasteiger partial charge >= 0.3 is 19.5 Å². The quantitative estimate of drug-likeness (QED) is 0.625. The van der Waals surface area contributed by atoms with Crippen LogP contribution in [-0.4, -0.2) is 41.0 Å². The molecule has 0 aromatic carbocycles. The Kier molecular flexibility index (Phi) is 6.25. The van der Waals surface area contributed by atoms with Crippen LogP contribution in [-0.2, 0) is 23.2 Å². The van der Waals surface area contributed by atoms with E-state index in [9.17, 15) is 14.2 Å². The molecular weight excluding hydrogens is 239 g/mol. The number of carbonyl (C=O) groups is 2. The van der Waals surface area contributed by atoms with Gasteiger partial charge in [0, 0.05) is 0 Å². The van der Waals surface area contributed by atoms with Crippen molar-refractivity contribution in [1.29, 1.82) is 0 Å². The highest BCUT2D eigenvalue weighted by Gasteiger charge is 2.42. The van der Waals surface area contributed by atoms with Crippen LogP contribution in [0.15, 0.2) is 0 Å². The minimum Gasteiger partial charge on any atom is -0.481 e. The molecule has 0 saturated heterocycles. The second-order valence-corrected chi connectivity index (χ2v) is 5.05. The van der Waals surface area contributed by atoms with E-state index in [2.05, 4.69) is 0 Å². The average Bonchev–Trinajstić information content (AvgIpc) is 2.14. The fourth-order valence-electron chi connectivity index (χ4n) is 1.08. The average molecular weight is 254 g/mol.